The molecular weight excluding hydrogens is 280 g/mol. The molecule has 0 aliphatic heterocycles. The number of esters is 1. The Balaban J connectivity index is 2.44. The molecule has 0 spiro atoms. The molecule has 21 heavy (non-hydrogen) atoms. The van der Waals surface area contributed by atoms with Crippen molar-refractivity contribution in [1.29, 1.82) is 0 Å². The van der Waals surface area contributed by atoms with E-state index < -0.39 is 22.3 Å². The highest BCUT2D eigenvalue weighted by Crippen LogP contribution is 2.26. The highest BCUT2D eigenvalue weighted by molar-refractivity contribution is 5.95. The maximum absolute atomic E-state index is 11.7. The Morgan fingerprint density at radius 2 is 2.10 bits per heavy atom. The summed E-state index contributed by atoms with van der Waals surface area (Å²) >= 11 is 0. The van der Waals surface area contributed by atoms with E-state index >= 15 is 0 Å². The molecule has 0 unspecified atom stereocenters. The molecule has 1 aromatic rings. The Bertz CT molecular complexity index is 543. The van der Waals surface area contributed by atoms with Crippen LogP contribution in [-0.4, -0.2) is 35.6 Å². The summed E-state index contributed by atoms with van der Waals surface area (Å²) in [6, 6.07) is 3.38. The molecular formula is C13H16N2O6. The lowest BCUT2D eigenvalue weighted by Crippen LogP contribution is -2.24. The monoisotopic (exact) mass is 296 g/mol. The molecule has 0 fully saturated rings. The number of hydrogen-bond acceptors (Lipinski definition) is 6. The lowest BCUT2D eigenvalue weighted by molar-refractivity contribution is -0.385. The average Bonchev–Trinajstić information content (AvgIpc) is 2.45. The van der Waals surface area contributed by atoms with Gasteiger partial charge in [-0.15, -0.1) is 0 Å². The van der Waals surface area contributed by atoms with E-state index in [2.05, 4.69) is 10.1 Å². The van der Waals surface area contributed by atoms with Crippen molar-refractivity contribution >= 4 is 17.6 Å². The molecule has 8 heteroatoms. The molecule has 2 N–H and O–H groups in total. The first kappa shape index (κ1) is 16.4. The third-order valence-electron chi connectivity index (χ3n) is 2.76. The number of nitro benzene ring substituents is 1. The fourth-order valence-electron chi connectivity index (χ4n) is 1.62. The number of benzene rings is 1. The summed E-state index contributed by atoms with van der Waals surface area (Å²) in [5.41, 5.74) is -0.323. The van der Waals surface area contributed by atoms with Crippen molar-refractivity contribution in [3.05, 3.63) is 33.9 Å². The second kappa shape index (κ2) is 7.83. The minimum atomic E-state index is -0.732. The first-order chi connectivity index (χ1) is 9.95. The van der Waals surface area contributed by atoms with Crippen LogP contribution >= 0.6 is 0 Å². The zero-order chi connectivity index (χ0) is 15.8. The number of hydrogen-bond donors (Lipinski definition) is 2. The summed E-state index contributed by atoms with van der Waals surface area (Å²) in [6.07, 6.45) is 1.46. The van der Waals surface area contributed by atoms with Gasteiger partial charge in [0.25, 0.3) is 5.91 Å². The fourth-order valence-corrected chi connectivity index (χ4v) is 1.62. The Labute approximate surface area is 120 Å². The van der Waals surface area contributed by atoms with Crippen molar-refractivity contribution in [3.63, 3.8) is 0 Å². The Hall–Kier alpha value is -2.64. The smallest absolute Gasteiger partial charge is 0.310 e. The van der Waals surface area contributed by atoms with E-state index in [4.69, 9.17) is 0 Å². The highest BCUT2D eigenvalue weighted by Gasteiger charge is 2.15. The number of aromatic hydroxyl groups is 1. The number of amides is 1. The van der Waals surface area contributed by atoms with E-state index in [1.165, 1.54) is 13.2 Å². The van der Waals surface area contributed by atoms with E-state index in [1.54, 1.807) is 0 Å². The van der Waals surface area contributed by atoms with Gasteiger partial charge in [-0.2, -0.15) is 0 Å². The number of rotatable bonds is 7. The van der Waals surface area contributed by atoms with Crippen LogP contribution in [0.1, 0.15) is 29.6 Å². The Morgan fingerprint density at radius 1 is 1.38 bits per heavy atom. The molecule has 114 valence electrons. The summed E-state index contributed by atoms with van der Waals surface area (Å²) in [5, 5.41) is 22.6. The predicted octanol–water partition coefficient (Wildman–Crippen LogP) is 1.37. The normalized spacial score (nSPS) is 9.95. The van der Waals surface area contributed by atoms with Crippen LogP contribution in [0.5, 0.6) is 5.75 Å². The van der Waals surface area contributed by atoms with Crippen molar-refractivity contribution < 1.29 is 24.4 Å². The third kappa shape index (κ3) is 5.09. The largest absolute Gasteiger partial charge is 0.502 e. The molecule has 1 amide bonds. The molecule has 0 radical (unpaired) electrons. The number of phenolic OH excluding ortho intramolecular Hbond substituents is 1. The number of carbonyl (C=O) groups is 2. The first-order valence-electron chi connectivity index (χ1n) is 6.28. The number of unbranched alkanes of at least 4 members (excludes halogenated alkanes) is 1. The predicted molar refractivity (Wildman–Crippen MR) is 73.0 cm³/mol. The number of phenols is 1. The van der Waals surface area contributed by atoms with Gasteiger partial charge in [0.1, 0.15) is 0 Å². The zero-order valence-corrected chi connectivity index (χ0v) is 11.5. The average molecular weight is 296 g/mol. The van der Waals surface area contributed by atoms with Gasteiger partial charge in [-0.1, -0.05) is 0 Å². The lowest BCUT2D eigenvalue weighted by atomic mass is 10.1. The fraction of sp³-hybridized carbons (Fsp3) is 0.385. The van der Waals surface area contributed by atoms with Crippen LogP contribution in [0.3, 0.4) is 0 Å². The summed E-state index contributed by atoms with van der Waals surface area (Å²) in [7, 11) is 1.31. The molecule has 0 aromatic heterocycles. The number of ether oxygens (including phenoxy) is 1. The number of nitrogens with one attached hydrogen (secondary N) is 1. The van der Waals surface area contributed by atoms with Crippen LogP contribution in [-0.2, 0) is 9.53 Å². The number of carbonyl (C=O) groups excluding carboxylic acids is 2. The number of nitrogens with zero attached hydrogens (tertiary/aromatic N) is 1. The summed E-state index contributed by atoms with van der Waals surface area (Å²) in [6.45, 7) is 0.355. The highest BCUT2D eigenvalue weighted by atomic mass is 16.6. The van der Waals surface area contributed by atoms with Gasteiger partial charge in [0.05, 0.1) is 12.0 Å². The van der Waals surface area contributed by atoms with Crippen molar-refractivity contribution in [2.24, 2.45) is 0 Å². The van der Waals surface area contributed by atoms with Crippen LogP contribution in [0.4, 0.5) is 5.69 Å². The van der Waals surface area contributed by atoms with E-state index in [9.17, 15) is 24.8 Å². The summed E-state index contributed by atoms with van der Waals surface area (Å²) in [4.78, 5) is 32.4. The molecule has 8 nitrogen and oxygen atoms in total. The molecule has 0 heterocycles. The van der Waals surface area contributed by atoms with Crippen LogP contribution in [0, 0.1) is 10.1 Å². The minimum Gasteiger partial charge on any atom is -0.502 e. The number of nitro groups is 1. The maximum Gasteiger partial charge on any atom is 0.310 e. The van der Waals surface area contributed by atoms with Gasteiger partial charge >= 0.3 is 11.7 Å². The molecule has 0 atom stereocenters. The molecule has 0 bridgehead atoms. The summed E-state index contributed by atoms with van der Waals surface area (Å²) in [5.74, 6) is -1.31. The van der Waals surface area contributed by atoms with Crippen molar-refractivity contribution in [2.45, 2.75) is 19.3 Å². The summed E-state index contributed by atoms with van der Waals surface area (Å²) < 4.78 is 4.48. The second-order valence-corrected chi connectivity index (χ2v) is 4.25. The molecule has 1 aromatic carbocycles. The maximum atomic E-state index is 11.7. The van der Waals surface area contributed by atoms with Crippen LogP contribution in [0.25, 0.3) is 0 Å². The zero-order valence-electron chi connectivity index (χ0n) is 11.5. The van der Waals surface area contributed by atoms with Crippen molar-refractivity contribution in [2.75, 3.05) is 13.7 Å². The third-order valence-corrected chi connectivity index (χ3v) is 2.76. The van der Waals surface area contributed by atoms with E-state index in [1.807, 2.05) is 0 Å². The SMILES string of the molecule is COC(=O)CCCCNC(=O)c1ccc([N+](=O)[O-])c(O)c1. The molecule has 0 aliphatic rings. The van der Waals surface area contributed by atoms with Gasteiger partial charge < -0.3 is 15.2 Å². The van der Waals surface area contributed by atoms with Crippen LogP contribution in [0.2, 0.25) is 0 Å². The van der Waals surface area contributed by atoms with Crippen molar-refractivity contribution in [1.82, 2.24) is 5.32 Å². The van der Waals surface area contributed by atoms with Gasteiger partial charge in [0, 0.05) is 24.6 Å². The van der Waals surface area contributed by atoms with E-state index in [0.717, 1.165) is 12.1 Å². The standard InChI is InChI=1S/C13H16N2O6/c1-21-12(17)4-2-3-7-14-13(18)9-5-6-10(15(19)20)11(16)8-9/h5-6,8,16H,2-4,7H2,1H3,(H,14,18). The minimum absolute atomic E-state index is 0.131. The number of methoxy groups -OCH3 is 1. The van der Waals surface area contributed by atoms with Crippen LogP contribution in [0.15, 0.2) is 18.2 Å². The van der Waals surface area contributed by atoms with Gasteiger partial charge in [0.2, 0.25) is 0 Å². The lowest BCUT2D eigenvalue weighted by Gasteiger charge is -2.05. The quantitative estimate of drug-likeness (QED) is 0.339. The van der Waals surface area contributed by atoms with Gasteiger partial charge in [-0.3, -0.25) is 19.7 Å². The van der Waals surface area contributed by atoms with Crippen LogP contribution < -0.4 is 5.32 Å². The van der Waals surface area contributed by atoms with E-state index in [0.29, 0.717) is 19.4 Å². The molecule has 1 rings (SSSR count). The second-order valence-electron chi connectivity index (χ2n) is 4.25. The van der Waals surface area contributed by atoms with Gasteiger partial charge in [-0.25, -0.2) is 0 Å². The topological polar surface area (TPSA) is 119 Å². The molecule has 0 aliphatic carbocycles. The first-order valence-corrected chi connectivity index (χ1v) is 6.28. The van der Waals surface area contributed by atoms with Gasteiger partial charge in [0.15, 0.2) is 5.75 Å². The molecule has 0 saturated carbocycles. The van der Waals surface area contributed by atoms with Crippen molar-refractivity contribution in [3.8, 4) is 5.75 Å². The van der Waals surface area contributed by atoms with E-state index in [-0.39, 0.29) is 18.0 Å². The Morgan fingerprint density at radius 3 is 2.67 bits per heavy atom. The Kier molecular flexibility index (Phi) is 6.12. The van der Waals surface area contributed by atoms with Gasteiger partial charge in [-0.05, 0) is 25.0 Å². The molecule has 0 saturated heterocycles.